The van der Waals surface area contributed by atoms with E-state index in [0.29, 0.717) is 6.04 Å². The van der Waals surface area contributed by atoms with Gasteiger partial charge in [0.25, 0.3) is 0 Å². The van der Waals surface area contributed by atoms with Crippen LogP contribution in [0.3, 0.4) is 0 Å². The Bertz CT molecular complexity index is 317. The molecule has 0 fully saturated rings. The van der Waals surface area contributed by atoms with Crippen molar-refractivity contribution in [2.45, 2.75) is 19.5 Å². The number of pyridine rings is 1. The average Bonchev–Trinajstić information content (AvgIpc) is 2.29. The van der Waals surface area contributed by atoms with Crippen molar-refractivity contribution < 1.29 is 0 Å². The van der Waals surface area contributed by atoms with Gasteiger partial charge < -0.3 is 10.2 Å². The Balaban J connectivity index is 2.74. The lowest BCUT2D eigenvalue weighted by Crippen LogP contribution is -2.30. The number of anilines is 1. The lowest BCUT2D eigenvalue weighted by molar-refractivity contribution is 0.756. The summed E-state index contributed by atoms with van der Waals surface area (Å²) in [5, 5.41) is 3.12. The van der Waals surface area contributed by atoms with Gasteiger partial charge in [-0.2, -0.15) is 11.8 Å². The Kier molecular flexibility index (Phi) is 5.63. The van der Waals surface area contributed by atoms with Crippen LogP contribution in [0.1, 0.15) is 12.6 Å². The summed E-state index contributed by atoms with van der Waals surface area (Å²) < 4.78 is 0. The number of aromatic nitrogens is 1. The molecule has 0 amide bonds. The molecule has 0 spiro atoms. The van der Waals surface area contributed by atoms with E-state index in [0.717, 1.165) is 18.0 Å². The molecule has 0 saturated carbocycles. The zero-order chi connectivity index (χ0) is 12.0. The summed E-state index contributed by atoms with van der Waals surface area (Å²) in [4.78, 5) is 6.63. The molecular formula is C12H21N3S. The van der Waals surface area contributed by atoms with Gasteiger partial charge >= 0.3 is 0 Å². The molecule has 1 unspecified atom stereocenters. The summed E-state index contributed by atoms with van der Waals surface area (Å²) in [7, 11) is 4.08. The van der Waals surface area contributed by atoms with Crippen LogP contribution in [0.25, 0.3) is 0 Å². The zero-order valence-corrected chi connectivity index (χ0v) is 11.3. The lowest BCUT2D eigenvalue weighted by Gasteiger charge is -2.26. The van der Waals surface area contributed by atoms with Crippen molar-refractivity contribution in [2.24, 2.45) is 0 Å². The van der Waals surface area contributed by atoms with Crippen LogP contribution >= 0.6 is 11.8 Å². The van der Waals surface area contributed by atoms with E-state index in [1.54, 1.807) is 0 Å². The van der Waals surface area contributed by atoms with Gasteiger partial charge in [0.15, 0.2) is 0 Å². The second-order valence-corrected chi connectivity index (χ2v) is 4.86. The van der Waals surface area contributed by atoms with Gasteiger partial charge in [-0.25, -0.2) is 0 Å². The summed E-state index contributed by atoms with van der Waals surface area (Å²) in [6.45, 7) is 3.06. The van der Waals surface area contributed by atoms with Crippen LogP contribution in [0.15, 0.2) is 18.3 Å². The summed E-state index contributed by atoms with van der Waals surface area (Å²) in [5.41, 5.74) is 2.32. The maximum Gasteiger partial charge on any atom is 0.0562 e. The van der Waals surface area contributed by atoms with Crippen LogP contribution in [0, 0.1) is 0 Å². The molecule has 90 valence electrons. The first kappa shape index (κ1) is 13.3. The van der Waals surface area contributed by atoms with Gasteiger partial charge in [0.1, 0.15) is 0 Å². The van der Waals surface area contributed by atoms with Crippen LogP contribution in [-0.4, -0.2) is 37.1 Å². The van der Waals surface area contributed by atoms with Gasteiger partial charge in [-0.1, -0.05) is 0 Å². The van der Waals surface area contributed by atoms with Gasteiger partial charge in [0, 0.05) is 37.3 Å². The minimum Gasteiger partial charge on any atom is -0.371 e. The van der Waals surface area contributed by atoms with Crippen LogP contribution in [-0.2, 0) is 6.54 Å². The second kappa shape index (κ2) is 6.76. The molecule has 1 N–H and O–H groups in total. The fourth-order valence-electron chi connectivity index (χ4n) is 1.57. The van der Waals surface area contributed by atoms with Crippen LogP contribution < -0.4 is 10.2 Å². The average molecular weight is 239 g/mol. The molecule has 0 aliphatic heterocycles. The van der Waals surface area contributed by atoms with E-state index in [2.05, 4.69) is 47.6 Å². The number of nitrogens with zero attached hydrogens (tertiary/aromatic N) is 2. The molecule has 0 bridgehead atoms. The number of rotatable bonds is 6. The Morgan fingerprint density at radius 3 is 2.94 bits per heavy atom. The Morgan fingerprint density at radius 2 is 2.31 bits per heavy atom. The molecule has 0 aromatic carbocycles. The highest BCUT2D eigenvalue weighted by atomic mass is 32.2. The molecule has 1 aromatic rings. The smallest absolute Gasteiger partial charge is 0.0562 e. The van der Waals surface area contributed by atoms with E-state index in [1.807, 2.05) is 25.0 Å². The molecular weight excluding hydrogens is 218 g/mol. The third-order valence-corrected chi connectivity index (χ3v) is 3.45. The number of thioether (sulfide) groups is 1. The number of nitrogens with one attached hydrogen (secondary N) is 1. The van der Waals surface area contributed by atoms with Gasteiger partial charge in [0.2, 0.25) is 0 Å². The van der Waals surface area contributed by atoms with Gasteiger partial charge in [-0.05, 0) is 32.4 Å². The van der Waals surface area contributed by atoms with Gasteiger partial charge in [0.05, 0.1) is 5.69 Å². The molecule has 1 aromatic heterocycles. The minimum atomic E-state index is 0.542. The van der Waals surface area contributed by atoms with Crippen molar-refractivity contribution >= 4 is 17.4 Å². The first-order chi connectivity index (χ1) is 7.69. The van der Waals surface area contributed by atoms with Crippen molar-refractivity contribution in [1.82, 2.24) is 10.3 Å². The standard InChI is InChI=1S/C12H21N3S/c1-10(9-16-4)15(3)12-5-6-14-11(7-12)8-13-2/h5-7,10,13H,8-9H2,1-4H3. The Labute approximate surface area is 103 Å². The van der Waals surface area contributed by atoms with Crippen molar-refractivity contribution in [2.75, 3.05) is 31.0 Å². The molecule has 4 heteroatoms. The Hall–Kier alpha value is -0.740. The van der Waals surface area contributed by atoms with Crippen LogP contribution in [0.2, 0.25) is 0 Å². The monoisotopic (exact) mass is 239 g/mol. The van der Waals surface area contributed by atoms with Crippen molar-refractivity contribution in [1.29, 1.82) is 0 Å². The highest BCUT2D eigenvalue weighted by Gasteiger charge is 2.09. The van der Waals surface area contributed by atoms with Crippen LogP contribution in [0.4, 0.5) is 5.69 Å². The van der Waals surface area contributed by atoms with Crippen LogP contribution in [0.5, 0.6) is 0 Å². The van der Waals surface area contributed by atoms with Crippen molar-refractivity contribution in [3.8, 4) is 0 Å². The molecule has 0 aliphatic rings. The summed E-state index contributed by atoms with van der Waals surface area (Å²) >= 11 is 1.88. The first-order valence-corrected chi connectivity index (χ1v) is 6.89. The van der Waals surface area contributed by atoms with E-state index in [1.165, 1.54) is 5.69 Å². The minimum absolute atomic E-state index is 0.542. The molecule has 1 heterocycles. The fraction of sp³-hybridized carbons (Fsp3) is 0.583. The van der Waals surface area contributed by atoms with Gasteiger partial charge in [-0.15, -0.1) is 0 Å². The third kappa shape index (κ3) is 3.68. The predicted molar refractivity (Wildman–Crippen MR) is 73.2 cm³/mol. The summed E-state index contributed by atoms with van der Waals surface area (Å²) in [5.74, 6) is 1.14. The second-order valence-electron chi connectivity index (χ2n) is 3.95. The first-order valence-electron chi connectivity index (χ1n) is 5.50. The predicted octanol–water partition coefficient (Wildman–Crippen LogP) is 1.99. The van der Waals surface area contributed by atoms with E-state index in [9.17, 15) is 0 Å². The van der Waals surface area contributed by atoms with Crippen molar-refractivity contribution in [3.05, 3.63) is 24.0 Å². The van der Waals surface area contributed by atoms with E-state index in [-0.39, 0.29) is 0 Å². The topological polar surface area (TPSA) is 28.2 Å². The summed E-state index contributed by atoms with van der Waals surface area (Å²) in [6, 6.07) is 4.75. The molecule has 1 rings (SSSR count). The molecule has 0 aliphatic carbocycles. The normalized spacial score (nSPS) is 12.5. The number of hydrogen-bond acceptors (Lipinski definition) is 4. The molecule has 1 atom stereocenters. The fourth-order valence-corrected chi connectivity index (χ4v) is 2.28. The van der Waals surface area contributed by atoms with E-state index < -0.39 is 0 Å². The number of hydrogen-bond donors (Lipinski definition) is 1. The van der Waals surface area contributed by atoms with Crippen molar-refractivity contribution in [3.63, 3.8) is 0 Å². The maximum absolute atomic E-state index is 4.32. The lowest BCUT2D eigenvalue weighted by atomic mass is 10.2. The molecule has 16 heavy (non-hydrogen) atoms. The summed E-state index contributed by atoms with van der Waals surface area (Å²) in [6.07, 6.45) is 4.02. The zero-order valence-electron chi connectivity index (χ0n) is 10.5. The third-order valence-electron chi connectivity index (χ3n) is 2.63. The molecule has 3 nitrogen and oxygen atoms in total. The van der Waals surface area contributed by atoms with Gasteiger partial charge in [-0.3, -0.25) is 4.98 Å². The van der Waals surface area contributed by atoms with E-state index in [4.69, 9.17) is 0 Å². The highest BCUT2D eigenvalue weighted by Crippen LogP contribution is 2.17. The quantitative estimate of drug-likeness (QED) is 0.822. The SMILES string of the molecule is CNCc1cc(N(C)C(C)CSC)ccn1. The molecule has 0 saturated heterocycles. The Morgan fingerprint density at radius 1 is 1.56 bits per heavy atom. The molecule has 0 radical (unpaired) electrons. The maximum atomic E-state index is 4.32. The van der Waals surface area contributed by atoms with E-state index >= 15 is 0 Å². The highest BCUT2D eigenvalue weighted by molar-refractivity contribution is 7.98. The largest absolute Gasteiger partial charge is 0.371 e.